The Bertz CT molecular complexity index is 884. The molecule has 3 rings (SSSR count). The number of aromatic amines is 1. The van der Waals surface area contributed by atoms with Crippen LogP contribution in [0.25, 0.3) is 0 Å². The molecule has 1 heterocycles. The Morgan fingerprint density at radius 1 is 1.00 bits per heavy atom. The van der Waals surface area contributed by atoms with Crippen molar-refractivity contribution in [3.63, 3.8) is 0 Å². The van der Waals surface area contributed by atoms with Crippen molar-refractivity contribution in [2.45, 2.75) is 19.4 Å². The van der Waals surface area contributed by atoms with Gasteiger partial charge in [0.1, 0.15) is 5.82 Å². The minimum Gasteiger partial charge on any atom is -0.493 e. The molecule has 2 aromatic carbocycles. The van der Waals surface area contributed by atoms with Crippen molar-refractivity contribution in [2.75, 3.05) is 14.2 Å². The lowest BCUT2D eigenvalue weighted by molar-refractivity contribution is 0.354. The first kappa shape index (κ1) is 16.8. The van der Waals surface area contributed by atoms with Gasteiger partial charge in [0.25, 0.3) is 0 Å². The summed E-state index contributed by atoms with van der Waals surface area (Å²) in [5.74, 6) is 2.11. The average molecular weight is 339 g/mol. The summed E-state index contributed by atoms with van der Waals surface area (Å²) in [6.45, 7) is 0.549. The summed E-state index contributed by atoms with van der Waals surface area (Å²) in [6.07, 6.45) is 1.31. The minimum absolute atomic E-state index is 0.189. The topological polar surface area (TPSA) is 69.1 Å². The highest BCUT2D eigenvalue weighted by Crippen LogP contribution is 2.27. The first-order valence-electron chi connectivity index (χ1n) is 8.10. The molecule has 25 heavy (non-hydrogen) atoms. The van der Waals surface area contributed by atoms with E-state index in [0.29, 0.717) is 30.9 Å². The van der Waals surface area contributed by atoms with Gasteiger partial charge in [0.2, 0.25) is 0 Å². The normalized spacial score (nSPS) is 10.6. The maximum Gasteiger partial charge on any atom is 0.343 e. The number of methoxy groups -OCH3 is 2. The highest BCUT2D eigenvalue weighted by molar-refractivity contribution is 5.42. The van der Waals surface area contributed by atoms with Crippen LogP contribution in [0.4, 0.5) is 0 Å². The third-order valence-corrected chi connectivity index (χ3v) is 4.11. The van der Waals surface area contributed by atoms with Gasteiger partial charge >= 0.3 is 5.69 Å². The summed E-state index contributed by atoms with van der Waals surface area (Å²) < 4.78 is 12.3. The van der Waals surface area contributed by atoms with Crippen LogP contribution in [0.1, 0.15) is 17.0 Å². The zero-order chi connectivity index (χ0) is 17.6. The molecule has 6 heteroatoms. The van der Waals surface area contributed by atoms with Gasteiger partial charge in [0.05, 0.1) is 14.2 Å². The number of nitrogens with one attached hydrogen (secondary N) is 1. The van der Waals surface area contributed by atoms with Gasteiger partial charge in [-0.3, -0.25) is 4.57 Å². The van der Waals surface area contributed by atoms with Crippen LogP contribution in [0.3, 0.4) is 0 Å². The summed E-state index contributed by atoms with van der Waals surface area (Å²) in [7, 11) is 3.22. The van der Waals surface area contributed by atoms with Gasteiger partial charge in [0.15, 0.2) is 11.5 Å². The van der Waals surface area contributed by atoms with E-state index in [0.717, 1.165) is 17.0 Å². The summed E-state index contributed by atoms with van der Waals surface area (Å²) >= 11 is 0. The Morgan fingerprint density at radius 3 is 2.48 bits per heavy atom. The molecule has 3 aromatic rings. The van der Waals surface area contributed by atoms with Crippen molar-refractivity contribution >= 4 is 0 Å². The van der Waals surface area contributed by atoms with Crippen LogP contribution in [0, 0.1) is 0 Å². The lowest BCUT2D eigenvalue weighted by Gasteiger charge is -2.10. The van der Waals surface area contributed by atoms with E-state index in [1.807, 2.05) is 48.5 Å². The number of benzene rings is 2. The summed E-state index contributed by atoms with van der Waals surface area (Å²) in [4.78, 5) is 12.1. The third kappa shape index (κ3) is 3.91. The molecular weight excluding hydrogens is 318 g/mol. The van der Waals surface area contributed by atoms with Crippen LogP contribution in [0.2, 0.25) is 0 Å². The molecule has 0 unspecified atom stereocenters. The van der Waals surface area contributed by atoms with E-state index in [9.17, 15) is 4.79 Å². The zero-order valence-corrected chi connectivity index (χ0v) is 14.4. The average Bonchev–Trinajstić information content (AvgIpc) is 3.00. The fourth-order valence-electron chi connectivity index (χ4n) is 2.77. The highest BCUT2D eigenvalue weighted by atomic mass is 16.5. The van der Waals surface area contributed by atoms with E-state index < -0.39 is 0 Å². The maximum atomic E-state index is 12.1. The van der Waals surface area contributed by atoms with Gasteiger partial charge in [0, 0.05) is 13.0 Å². The molecule has 0 fully saturated rings. The van der Waals surface area contributed by atoms with E-state index in [2.05, 4.69) is 10.2 Å². The first-order valence-corrected chi connectivity index (χ1v) is 8.10. The molecule has 0 saturated heterocycles. The molecule has 6 nitrogen and oxygen atoms in total. The van der Waals surface area contributed by atoms with Gasteiger partial charge in [-0.15, -0.1) is 0 Å². The number of ether oxygens (including phenoxy) is 2. The van der Waals surface area contributed by atoms with Crippen molar-refractivity contribution in [2.24, 2.45) is 0 Å². The van der Waals surface area contributed by atoms with Crippen molar-refractivity contribution in [3.8, 4) is 11.5 Å². The van der Waals surface area contributed by atoms with Crippen molar-refractivity contribution in [3.05, 3.63) is 76.0 Å². The van der Waals surface area contributed by atoms with E-state index in [1.165, 1.54) is 0 Å². The minimum atomic E-state index is -0.189. The maximum absolute atomic E-state index is 12.1. The largest absolute Gasteiger partial charge is 0.493 e. The number of nitrogens with zero attached hydrogens (tertiary/aromatic N) is 2. The van der Waals surface area contributed by atoms with Crippen molar-refractivity contribution in [1.82, 2.24) is 14.8 Å². The van der Waals surface area contributed by atoms with Gasteiger partial charge < -0.3 is 9.47 Å². The molecular formula is C19H21N3O3. The lowest BCUT2D eigenvalue weighted by atomic mass is 10.1. The number of hydrogen-bond donors (Lipinski definition) is 1. The van der Waals surface area contributed by atoms with E-state index in [1.54, 1.807) is 18.8 Å². The smallest absolute Gasteiger partial charge is 0.343 e. The van der Waals surface area contributed by atoms with Gasteiger partial charge in [-0.25, -0.2) is 9.89 Å². The summed E-state index contributed by atoms with van der Waals surface area (Å²) in [5, 5.41) is 6.71. The monoisotopic (exact) mass is 339 g/mol. The van der Waals surface area contributed by atoms with Crippen LogP contribution >= 0.6 is 0 Å². The van der Waals surface area contributed by atoms with E-state index in [-0.39, 0.29) is 5.69 Å². The lowest BCUT2D eigenvalue weighted by Crippen LogP contribution is -2.20. The molecule has 0 saturated carbocycles. The molecule has 0 aliphatic carbocycles. The second-order valence-corrected chi connectivity index (χ2v) is 5.70. The van der Waals surface area contributed by atoms with Gasteiger partial charge in [-0.05, 0) is 29.7 Å². The van der Waals surface area contributed by atoms with Gasteiger partial charge in [-0.2, -0.15) is 5.10 Å². The Morgan fingerprint density at radius 2 is 1.76 bits per heavy atom. The fourth-order valence-corrected chi connectivity index (χ4v) is 2.77. The molecule has 130 valence electrons. The number of hydrogen-bond acceptors (Lipinski definition) is 4. The molecule has 0 aliphatic heterocycles. The Balaban J connectivity index is 1.75. The second kappa shape index (κ2) is 7.70. The molecule has 0 aliphatic rings. The molecule has 0 spiro atoms. The Hall–Kier alpha value is -3.02. The molecule has 0 atom stereocenters. The third-order valence-electron chi connectivity index (χ3n) is 4.11. The molecule has 0 radical (unpaired) electrons. The number of aromatic nitrogens is 3. The number of rotatable bonds is 7. The molecule has 0 amide bonds. The van der Waals surface area contributed by atoms with Crippen LogP contribution < -0.4 is 15.2 Å². The predicted molar refractivity (Wildman–Crippen MR) is 95.3 cm³/mol. The van der Waals surface area contributed by atoms with E-state index >= 15 is 0 Å². The SMILES string of the molecule is COc1ccc(CCn2c(Cc3ccccc3)n[nH]c2=O)cc1OC. The molecule has 1 N–H and O–H groups in total. The van der Waals surface area contributed by atoms with Crippen molar-refractivity contribution in [1.29, 1.82) is 0 Å². The van der Waals surface area contributed by atoms with Crippen LogP contribution in [-0.4, -0.2) is 29.0 Å². The number of aryl methyl sites for hydroxylation is 1. The number of H-pyrrole nitrogens is 1. The van der Waals surface area contributed by atoms with Crippen LogP contribution in [0.15, 0.2) is 53.3 Å². The fraction of sp³-hybridized carbons (Fsp3) is 0.263. The summed E-state index contributed by atoms with van der Waals surface area (Å²) in [5.41, 5.74) is 2.00. The Kier molecular flexibility index (Phi) is 5.18. The standard InChI is InChI=1S/C19H21N3O3/c1-24-16-9-8-15(12-17(16)25-2)10-11-22-18(20-21-19(22)23)13-14-6-4-3-5-7-14/h3-9,12H,10-11,13H2,1-2H3,(H,21,23). The quantitative estimate of drug-likeness (QED) is 0.718. The van der Waals surface area contributed by atoms with E-state index in [4.69, 9.17) is 9.47 Å². The highest BCUT2D eigenvalue weighted by Gasteiger charge is 2.10. The summed E-state index contributed by atoms with van der Waals surface area (Å²) in [6, 6.07) is 15.8. The van der Waals surface area contributed by atoms with Crippen LogP contribution in [0.5, 0.6) is 11.5 Å². The van der Waals surface area contributed by atoms with Gasteiger partial charge in [-0.1, -0.05) is 36.4 Å². The second-order valence-electron chi connectivity index (χ2n) is 5.70. The first-order chi connectivity index (χ1) is 12.2. The molecule has 1 aromatic heterocycles. The predicted octanol–water partition coefficient (Wildman–Crippen LogP) is 2.42. The molecule has 0 bridgehead atoms. The zero-order valence-electron chi connectivity index (χ0n) is 14.4. The van der Waals surface area contributed by atoms with Crippen LogP contribution in [-0.2, 0) is 19.4 Å². The Labute approximate surface area is 146 Å². The van der Waals surface area contributed by atoms with Crippen molar-refractivity contribution < 1.29 is 9.47 Å².